The van der Waals surface area contributed by atoms with Crippen LogP contribution in [0.25, 0.3) is 6.08 Å². The quantitative estimate of drug-likeness (QED) is 0.585. The van der Waals surface area contributed by atoms with E-state index in [1.54, 1.807) is 12.1 Å². The van der Waals surface area contributed by atoms with Crippen LogP contribution in [0.5, 0.6) is 5.75 Å². The Morgan fingerprint density at radius 2 is 1.95 bits per heavy atom. The van der Waals surface area contributed by atoms with Crippen LogP contribution in [0.15, 0.2) is 48.5 Å². The van der Waals surface area contributed by atoms with Crippen LogP contribution in [-0.2, 0) is 6.42 Å². The predicted octanol–water partition coefficient (Wildman–Crippen LogP) is 4.27. The highest BCUT2D eigenvalue weighted by molar-refractivity contribution is 5.95. The molecular formula is C19H24N2O. The van der Waals surface area contributed by atoms with E-state index in [0.717, 1.165) is 17.5 Å². The van der Waals surface area contributed by atoms with Crippen molar-refractivity contribution in [3.05, 3.63) is 70.8 Å². The van der Waals surface area contributed by atoms with Crippen molar-refractivity contribution in [2.24, 2.45) is 5.73 Å². The molecule has 2 aromatic rings. The van der Waals surface area contributed by atoms with Crippen molar-refractivity contribution in [1.29, 1.82) is 5.41 Å². The van der Waals surface area contributed by atoms with Gasteiger partial charge in [0.1, 0.15) is 11.6 Å². The van der Waals surface area contributed by atoms with Crippen molar-refractivity contribution >= 4 is 11.9 Å². The SMILES string of the molecule is C/C=C\c1cc(C(=N)N)ccc1C.CCc1cccc(O)c1. The normalized spacial score (nSPS) is 10.1. The van der Waals surface area contributed by atoms with E-state index < -0.39 is 0 Å². The fraction of sp³-hybridized carbons (Fsp3) is 0.211. The Bertz CT molecular complexity index is 660. The summed E-state index contributed by atoms with van der Waals surface area (Å²) in [5.41, 5.74) is 9.66. The summed E-state index contributed by atoms with van der Waals surface area (Å²) in [6, 6.07) is 13.1. The number of aromatic hydroxyl groups is 1. The Morgan fingerprint density at radius 3 is 2.45 bits per heavy atom. The Morgan fingerprint density at radius 1 is 1.23 bits per heavy atom. The molecule has 0 saturated carbocycles. The third kappa shape index (κ3) is 5.44. The maximum Gasteiger partial charge on any atom is 0.122 e. The van der Waals surface area contributed by atoms with Crippen molar-refractivity contribution in [3.8, 4) is 5.75 Å². The molecule has 0 amide bonds. The Labute approximate surface area is 132 Å². The van der Waals surface area contributed by atoms with E-state index in [-0.39, 0.29) is 5.84 Å². The Balaban J connectivity index is 0.000000235. The monoisotopic (exact) mass is 296 g/mol. The minimum Gasteiger partial charge on any atom is -0.508 e. The topological polar surface area (TPSA) is 70.1 Å². The van der Waals surface area contributed by atoms with E-state index in [4.69, 9.17) is 16.2 Å². The molecule has 4 N–H and O–H groups in total. The number of nitrogen functional groups attached to an aromatic ring is 1. The van der Waals surface area contributed by atoms with Gasteiger partial charge >= 0.3 is 0 Å². The van der Waals surface area contributed by atoms with E-state index in [9.17, 15) is 0 Å². The summed E-state index contributed by atoms with van der Waals surface area (Å²) in [4.78, 5) is 0. The summed E-state index contributed by atoms with van der Waals surface area (Å²) in [6.07, 6.45) is 4.97. The first-order valence-corrected chi connectivity index (χ1v) is 7.33. The molecule has 22 heavy (non-hydrogen) atoms. The van der Waals surface area contributed by atoms with E-state index in [0.29, 0.717) is 5.75 Å². The third-order valence-electron chi connectivity index (χ3n) is 3.26. The fourth-order valence-corrected chi connectivity index (χ4v) is 1.94. The first-order valence-electron chi connectivity index (χ1n) is 7.33. The van der Waals surface area contributed by atoms with Gasteiger partial charge in [0.15, 0.2) is 0 Å². The maximum atomic E-state index is 8.94. The van der Waals surface area contributed by atoms with Crippen molar-refractivity contribution in [1.82, 2.24) is 0 Å². The van der Waals surface area contributed by atoms with Gasteiger partial charge in [-0.3, -0.25) is 5.41 Å². The van der Waals surface area contributed by atoms with Crippen LogP contribution in [0.2, 0.25) is 0 Å². The second kappa shape index (κ2) is 8.67. The summed E-state index contributed by atoms with van der Waals surface area (Å²) in [5.74, 6) is 0.472. The second-order valence-corrected chi connectivity index (χ2v) is 5.01. The van der Waals surface area contributed by atoms with Gasteiger partial charge in [-0.15, -0.1) is 0 Å². The minimum atomic E-state index is 0.116. The van der Waals surface area contributed by atoms with Crippen LogP contribution < -0.4 is 5.73 Å². The molecule has 0 aliphatic heterocycles. The summed E-state index contributed by atoms with van der Waals surface area (Å²) in [7, 11) is 0. The van der Waals surface area contributed by atoms with Gasteiger partial charge in [0.05, 0.1) is 0 Å². The Kier molecular flexibility index (Phi) is 6.90. The lowest BCUT2D eigenvalue weighted by molar-refractivity contribution is 0.474. The molecule has 0 saturated heterocycles. The van der Waals surface area contributed by atoms with Crippen LogP contribution in [0.1, 0.15) is 36.1 Å². The molecular weight excluding hydrogens is 272 g/mol. The molecule has 2 aromatic carbocycles. The number of aryl methyl sites for hydroxylation is 2. The van der Waals surface area contributed by atoms with Gasteiger partial charge < -0.3 is 10.8 Å². The number of nitrogens with two attached hydrogens (primary N) is 1. The van der Waals surface area contributed by atoms with Crippen LogP contribution in [0.3, 0.4) is 0 Å². The Hall–Kier alpha value is -2.55. The number of allylic oxidation sites excluding steroid dienone is 1. The number of hydrogen-bond acceptors (Lipinski definition) is 2. The molecule has 0 fully saturated rings. The van der Waals surface area contributed by atoms with E-state index in [1.807, 2.05) is 56.3 Å². The molecule has 0 aliphatic rings. The lowest BCUT2D eigenvalue weighted by atomic mass is 10.0. The number of rotatable bonds is 3. The predicted molar refractivity (Wildman–Crippen MR) is 94.4 cm³/mol. The molecule has 0 atom stereocenters. The average Bonchev–Trinajstić information content (AvgIpc) is 2.50. The molecule has 3 nitrogen and oxygen atoms in total. The van der Waals surface area contributed by atoms with Crippen LogP contribution in [0, 0.1) is 12.3 Å². The number of hydrogen-bond donors (Lipinski definition) is 3. The average molecular weight is 296 g/mol. The molecule has 0 heterocycles. The third-order valence-corrected chi connectivity index (χ3v) is 3.26. The molecule has 2 rings (SSSR count). The minimum absolute atomic E-state index is 0.116. The van der Waals surface area contributed by atoms with Gasteiger partial charge in [0.2, 0.25) is 0 Å². The van der Waals surface area contributed by atoms with Gasteiger partial charge in [-0.2, -0.15) is 0 Å². The number of nitrogens with one attached hydrogen (secondary N) is 1. The first-order chi connectivity index (χ1) is 10.5. The molecule has 0 radical (unpaired) electrons. The molecule has 0 unspecified atom stereocenters. The summed E-state index contributed by atoms with van der Waals surface area (Å²) < 4.78 is 0. The van der Waals surface area contributed by atoms with Gasteiger partial charge in [0.25, 0.3) is 0 Å². The molecule has 3 heteroatoms. The van der Waals surface area contributed by atoms with Crippen LogP contribution >= 0.6 is 0 Å². The zero-order valence-corrected chi connectivity index (χ0v) is 13.4. The number of phenolic OH excluding ortho intramolecular Hbond substituents is 1. The van der Waals surface area contributed by atoms with Gasteiger partial charge in [-0.1, -0.05) is 43.3 Å². The van der Waals surface area contributed by atoms with Gasteiger partial charge in [-0.05, 0) is 55.2 Å². The van der Waals surface area contributed by atoms with Crippen molar-refractivity contribution in [2.75, 3.05) is 0 Å². The van der Waals surface area contributed by atoms with E-state index in [1.165, 1.54) is 11.1 Å². The lowest BCUT2D eigenvalue weighted by Crippen LogP contribution is -2.11. The second-order valence-electron chi connectivity index (χ2n) is 5.01. The molecule has 116 valence electrons. The van der Waals surface area contributed by atoms with Gasteiger partial charge in [0, 0.05) is 5.56 Å². The van der Waals surface area contributed by atoms with Crippen molar-refractivity contribution in [2.45, 2.75) is 27.2 Å². The lowest BCUT2D eigenvalue weighted by Gasteiger charge is -2.03. The van der Waals surface area contributed by atoms with Crippen molar-refractivity contribution in [3.63, 3.8) is 0 Å². The summed E-state index contributed by atoms with van der Waals surface area (Å²) >= 11 is 0. The number of benzene rings is 2. The van der Waals surface area contributed by atoms with E-state index >= 15 is 0 Å². The zero-order chi connectivity index (χ0) is 16.5. The van der Waals surface area contributed by atoms with Crippen molar-refractivity contribution < 1.29 is 5.11 Å². The molecule has 0 aliphatic carbocycles. The van der Waals surface area contributed by atoms with Crippen LogP contribution in [0.4, 0.5) is 0 Å². The highest BCUT2D eigenvalue weighted by atomic mass is 16.3. The maximum absolute atomic E-state index is 8.94. The standard InChI is InChI=1S/C11H14N2.C8H10O/c1-3-4-9-7-10(11(12)13)6-5-8(9)2;1-2-7-4-3-5-8(9)6-7/h3-7H,1-2H3,(H3,12,13);3-6,9H,2H2,1H3/b4-3-;. The molecule has 0 aromatic heterocycles. The smallest absolute Gasteiger partial charge is 0.122 e. The summed E-state index contributed by atoms with van der Waals surface area (Å²) in [6.45, 7) is 6.08. The highest BCUT2D eigenvalue weighted by Crippen LogP contribution is 2.12. The molecule has 0 bridgehead atoms. The number of phenols is 1. The first kappa shape index (κ1) is 17.5. The molecule has 0 spiro atoms. The van der Waals surface area contributed by atoms with Gasteiger partial charge in [-0.25, -0.2) is 0 Å². The fourth-order valence-electron chi connectivity index (χ4n) is 1.94. The largest absolute Gasteiger partial charge is 0.508 e. The van der Waals surface area contributed by atoms with Crippen LogP contribution in [-0.4, -0.2) is 10.9 Å². The zero-order valence-electron chi connectivity index (χ0n) is 13.4. The summed E-state index contributed by atoms with van der Waals surface area (Å²) in [5, 5.41) is 16.2. The number of amidine groups is 1. The van der Waals surface area contributed by atoms with E-state index in [2.05, 4.69) is 6.92 Å². The highest BCUT2D eigenvalue weighted by Gasteiger charge is 1.99.